The lowest BCUT2D eigenvalue weighted by Gasteiger charge is -2.06. The molecule has 0 saturated carbocycles. The molecule has 1 fully saturated rings. The number of nitrogens with one attached hydrogen (secondary N) is 2. The molecule has 24 heavy (non-hydrogen) atoms. The molecule has 1 saturated heterocycles. The molecular weight excluding hydrogens is 312 g/mol. The summed E-state index contributed by atoms with van der Waals surface area (Å²) >= 11 is 0. The van der Waals surface area contributed by atoms with Crippen molar-refractivity contribution in [2.75, 3.05) is 26.3 Å². The SMILES string of the molecule is C1CCCCNCCCCCCCCOOONOOCCCC1. The first kappa shape index (κ1) is 21.8. The van der Waals surface area contributed by atoms with E-state index in [0.29, 0.717) is 13.2 Å². The van der Waals surface area contributed by atoms with E-state index in [1.165, 1.54) is 57.8 Å². The summed E-state index contributed by atoms with van der Waals surface area (Å²) < 4.78 is 0. The molecular formula is C17H36N2O5. The van der Waals surface area contributed by atoms with Gasteiger partial charge in [-0.05, 0) is 49.5 Å². The highest BCUT2D eigenvalue weighted by molar-refractivity contribution is 4.52. The molecule has 0 spiro atoms. The third kappa shape index (κ3) is 16.6. The Balaban J connectivity index is 2.00. The Kier molecular flexibility index (Phi) is 17.3. The largest absolute Gasteiger partial charge is 0.317 e. The summed E-state index contributed by atoms with van der Waals surface area (Å²) in [5, 5.41) is 8.00. The monoisotopic (exact) mass is 348 g/mol. The van der Waals surface area contributed by atoms with Crippen LogP contribution in [0.3, 0.4) is 0 Å². The maximum atomic E-state index is 4.89. The lowest BCUT2D eigenvalue weighted by Crippen LogP contribution is -2.17. The predicted octanol–water partition coefficient (Wildman–Crippen LogP) is 3.91. The molecule has 0 aromatic carbocycles. The minimum atomic E-state index is 0.504. The Morgan fingerprint density at radius 3 is 1.58 bits per heavy atom. The van der Waals surface area contributed by atoms with Crippen molar-refractivity contribution in [1.29, 1.82) is 0 Å². The van der Waals surface area contributed by atoms with Gasteiger partial charge in [0.25, 0.3) is 0 Å². The predicted molar refractivity (Wildman–Crippen MR) is 91.2 cm³/mol. The highest BCUT2D eigenvalue weighted by atomic mass is 17.6. The summed E-state index contributed by atoms with van der Waals surface area (Å²) in [5.74, 6) is 0. The van der Waals surface area contributed by atoms with E-state index < -0.39 is 0 Å². The van der Waals surface area contributed by atoms with Crippen LogP contribution < -0.4 is 11.0 Å². The van der Waals surface area contributed by atoms with Crippen molar-refractivity contribution in [3.8, 4) is 0 Å². The van der Waals surface area contributed by atoms with E-state index in [9.17, 15) is 0 Å². The Morgan fingerprint density at radius 2 is 0.958 bits per heavy atom. The molecule has 0 unspecified atom stereocenters. The number of hydrogen-bond donors (Lipinski definition) is 2. The van der Waals surface area contributed by atoms with Gasteiger partial charge in [-0.25, -0.2) is 9.78 Å². The minimum absolute atomic E-state index is 0.504. The van der Waals surface area contributed by atoms with Gasteiger partial charge in [0.1, 0.15) is 0 Å². The highest BCUT2D eigenvalue weighted by Crippen LogP contribution is 2.08. The average molecular weight is 348 g/mol. The lowest BCUT2D eigenvalue weighted by atomic mass is 10.1. The van der Waals surface area contributed by atoms with Crippen LogP contribution >= 0.6 is 0 Å². The van der Waals surface area contributed by atoms with Gasteiger partial charge in [0, 0.05) is 0 Å². The highest BCUT2D eigenvalue weighted by Gasteiger charge is 1.97. The quantitative estimate of drug-likeness (QED) is 0.643. The summed E-state index contributed by atoms with van der Waals surface area (Å²) in [5.41, 5.74) is 2.06. The van der Waals surface area contributed by atoms with E-state index in [0.717, 1.165) is 38.8 Å². The first-order valence-electron chi connectivity index (χ1n) is 9.69. The van der Waals surface area contributed by atoms with Crippen molar-refractivity contribution in [1.82, 2.24) is 11.0 Å². The molecule has 0 aliphatic carbocycles. The van der Waals surface area contributed by atoms with Crippen LogP contribution in [0, 0.1) is 0 Å². The van der Waals surface area contributed by atoms with Crippen LogP contribution in [0.2, 0.25) is 0 Å². The van der Waals surface area contributed by atoms with Gasteiger partial charge in [-0.2, -0.15) is 0 Å². The van der Waals surface area contributed by atoms with Gasteiger partial charge < -0.3 is 5.32 Å². The molecule has 0 aromatic rings. The zero-order valence-corrected chi connectivity index (χ0v) is 15.1. The topological polar surface area (TPSA) is 70.2 Å². The maximum Gasteiger partial charge on any atom is 0.0854 e. The first-order chi connectivity index (χ1) is 12.0. The normalized spacial score (nSPS) is 24.0. The van der Waals surface area contributed by atoms with Gasteiger partial charge in [-0.15, -0.1) is 4.99 Å². The molecule has 7 nitrogen and oxygen atoms in total. The fraction of sp³-hybridized carbons (Fsp3) is 1.00. The van der Waals surface area contributed by atoms with Crippen molar-refractivity contribution in [3.63, 3.8) is 0 Å². The van der Waals surface area contributed by atoms with Crippen molar-refractivity contribution >= 4 is 0 Å². The molecule has 144 valence electrons. The Morgan fingerprint density at radius 1 is 0.458 bits per heavy atom. The van der Waals surface area contributed by atoms with Crippen molar-refractivity contribution in [2.45, 2.75) is 83.5 Å². The first-order valence-corrected chi connectivity index (χ1v) is 9.69. The van der Waals surface area contributed by atoms with Crippen molar-refractivity contribution in [3.05, 3.63) is 0 Å². The average Bonchev–Trinajstić information content (AvgIpc) is 2.59. The van der Waals surface area contributed by atoms with Gasteiger partial charge in [-0.3, -0.25) is 0 Å². The van der Waals surface area contributed by atoms with Crippen LogP contribution in [-0.2, 0) is 24.8 Å². The van der Waals surface area contributed by atoms with Gasteiger partial charge >= 0.3 is 0 Å². The molecule has 2 N–H and O–H groups in total. The molecule has 1 aliphatic rings. The van der Waals surface area contributed by atoms with Crippen LogP contribution in [0.1, 0.15) is 83.5 Å². The zero-order valence-electron chi connectivity index (χ0n) is 15.1. The lowest BCUT2D eigenvalue weighted by molar-refractivity contribution is -0.588. The molecule has 0 aromatic heterocycles. The summed E-state index contributed by atoms with van der Waals surface area (Å²) in [4.78, 5) is 18.8. The fourth-order valence-corrected chi connectivity index (χ4v) is 2.69. The Labute approximate surface area is 146 Å². The summed E-state index contributed by atoms with van der Waals surface area (Å²) in [6.45, 7) is 3.35. The van der Waals surface area contributed by atoms with Gasteiger partial charge in [0.2, 0.25) is 0 Å². The third-order valence-electron chi connectivity index (χ3n) is 4.12. The van der Waals surface area contributed by atoms with Gasteiger partial charge in [0.05, 0.1) is 13.2 Å². The van der Waals surface area contributed by atoms with Gasteiger partial charge in [-0.1, -0.05) is 62.8 Å². The van der Waals surface area contributed by atoms with E-state index in [1.807, 2.05) is 0 Å². The molecule has 0 atom stereocenters. The molecule has 0 bridgehead atoms. The summed E-state index contributed by atoms with van der Waals surface area (Å²) in [6, 6.07) is 0. The second kappa shape index (κ2) is 19.1. The molecule has 1 heterocycles. The molecule has 1 aliphatic heterocycles. The number of hydrogen-bond acceptors (Lipinski definition) is 7. The van der Waals surface area contributed by atoms with E-state index >= 15 is 0 Å². The fourth-order valence-electron chi connectivity index (χ4n) is 2.69. The van der Waals surface area contributed by atoms with Crippen LogP contribution in [0.15, 0.2) is 0 Å². The summed E-state index contributed by atoms with van der Waals surface area (Å²) in [6.07, 6.45) is 15.8. The van der Waals surface area contributed by atoms with Crippen molar-refractivity contribution < 1.29 is 24.8 Å². The molecule has 0 amide bonds. The van der Waals surface area contributed by atoms with E-state index in [2.05, 4.69) is 26.0 Å². The standard InChI is InChI=1S/C17H36N2O5/c1-2-6-10-14-18-15-11-7-3-5-9-13-17-21-24-23-19-22-20-16-12-8-4-1/h18-19H,1-17H2. The zero-order chi connectivity index (χ0) is 17.0. The third-order valence-corrected chi connectivity index (χ3v) is 4.12. The summed E-state index contributed by atoms with van der Waals surface area (Å²) in [7, 11) is 0. The number of rotatable bonds is 0. The van der Waals surface area contributed by atoms with Crippen LogP contribution in [0.4, 0.5) is 0 Å². The maximum absolute atomic E-state index is 4.89. The Hall–Kier alpha value is -0.280. The molecule has 1 rings (SSSR count). The van der Waals surface area contributed by atoms with E-state index in [-0.39, 0.29) is 0 Å². The van der Waals surface area contributed by atoms with E-state index in [4.69, 9.17) is 9.78 Å². The smallest absolute Gasteiger partial charge is 0.0854 e. The Bertz CT molecular complexity index is 137. The van der Waals surface area contributed by atoms with Gasteiger partial charge in [0.15, 0.2) is 0 Å². The van der Waals surface area contributed by atoms with Crippen LogP contribution in [-0.4, -0.2) is 26.3 Å². The second-order valence-corrected chi connectivity index (χ2v) is 6.31. The second-order valence-electron chi connectivity index (χ2n) is 6.31. The minimum Gasteiger partial charge on any atom is -0.317 e. The molecule has 0 radical (unpaired) electrons. The van der Waals surface area contributed by atoms with Crippen LogP contribution in [0.5, 0.6) is 0 Å². The van der Waals surface area contributed by atoms with E-state index in [1.54, 1.807) is 0 Å². The van der Waals surface area contributed by atoms with Crippen LogP contribution in [0.25, 0.3) is 0 Å². The van der Waals surface area contributed by atoms with Crippen molar-refractivity contribution in [2.24, 2.45) is 0 Å². The molecule has 7 heteroatoms.